The van der Waals surface area contributed by atoms with Crippen molar-refractivity contribution in [1.29, 1.82) is 0 Å². The van der Waals surface area contributed by atoms with Crippen molar-refractivity contribution in [2.75, 3.05) is 30.0 Å². The number of fused-ring (bicyclic) bond motifs is 1. The van der Waals surface area contributed by atoms with E-state index in [-0.39, 0.29) is 54.1 Å². The first-order valence-corrected chi connectivity index (χ1v) is 24.6. The smallest absolute Gasteiger partial charge is 0.455 e. The number of aliphatic hydroxyl groups is 2. The molecule has 5 aromatic rings. The van der Waals surface area contributed by atoms with Gasteiger partial charge in [-0.15, -0.1) is 0 Å². The first-order chi connectivity index (χ1) is 34.0. The summed E-state index contributed by atoms with van der Waals surface area (Å²) in [6, 6.07) is 11.6. The molecular weight excluding hydrogens is 1000 g/mol. The van der Waals surface area contributed by atoms with E-state index in [1.165, 1.54) is 35.2 Å². The summed E-state index contributed by atoms with van der Waals surface area (Å²) < 4.78 is 78.2. The zero-order chi connectivity index (χ0) is 52.1. The van der Waals surface area contributed by atoms with Gasteiger partial charge in [-0.25, -0.2) is 42.9 Å². The quantitative estimate of drug-likeness (QED) is 0.0387. The number of phosphoric acid groups is 2. The average Bonchev–Trinajstić information content (AvgIpc) is 3.97. The Hall–Kier alpha value is -6.33. The highest BCUT2D eigenvalue weighted by molar-refractivity contribution is 7.47. The predicted molar refractivity (Wildman–Crippen MR) is 243 cm³/mol. The molecule has 28 nitrogen and oxygen atoms in total. The van der Waals surface area contributed by atoms with E-state index in [1.807, 2.05) is 0 Å². The number of nitrogens with one attached hydrogen (secondary N) is 2. The maximum atomic E-state index is 14.0. The second-order valence-electron chi connectivity index (χ2n) is 16.7. The second kappa shape index (κ2) is 22.6. The first-order valence-electron chi connectivity index (χ1n) is 21.6. The molecule has 0 spiro atoms. The first kappa shape index (κ1) is 53.5. The molecule has 2 saturated heterocycles. The number of nitrogens with zero attached hydrogens (tertiary/aromatic N) is 6. The SMILES string of the molecule is CC(C)C[C@H](NC(=O)OCc1ccc(NC(=O)Cc2ccc(F)cc2)cc1)C(=O)O[C@H]1[C@@H](O)[C@H](n2cnc3c(N)ncnc32)O[C@@H]1COP(=O)(O)O[C@H]1[C@@H](O)[C@H](n2ccc(N)nc2=O)O[C@@H]1COP(=O)(O)O. The third kappa shape index (κ3) is 13.6. The van der Waals surface area contributed by atoms with Crippen LogP contribution in [0.15, 0.2) is 78.2 Å². The van der Waals surface area contributed by atoms with Gasteiger partial charge in [-0.1, -0.05) is 38.1 Å². The number of nitrogens with two attached hydrogens (primary N) is 2. The van der Waals surface area contributed by atoms with Gasteiger partial charge in [0.15, 0.2) is 30.0 Å². The van der Waals surface area contributed by atoms with Gasteiger partial charge in [-0.2, -0.15) is 4.98 Å². The van der Waals surface area contributed by atoms with Crippen LogP contribution in [0.1, 0.15) is 43.9 Å². The molecule has 2 fully saturated rings. The standard InChI is InChI=1S/C41H49FN10O18P2/c1-20(2)13-25(49-41(58)64-15-22-5-9-24(10-6-22)48-29(53)14-21-3-7-23(42)8-4-21)39(56)69-33-26(67-38(31(33)54)52-19-47-30-35(44)45-18-46-36(30)52)17-66-72(62,63)70-34-27(16-65-71(59,60)61)68-37(32(34)55)51-12-11-28(43)50-40(51)57/h3-12,18-20,25-27,31-34,37-38,54-55H,13-17H2,1-2H3,(H,48,53)(H,49,58)(H,62,63)(H2,43,50,57)(H2,44,45,46)(H2,59,60,61)/t25-,26+,27+,31+,32+,33+,34+,37+,38+/m0/s1. The summed E-state index contributed by atoms with van der Waals surface area (Å²) in [6.45, 7) is 1.16. The Kier molecular flexibility index (Phi) is 16.8. The summed E-state index contributed by atoms with van der Waals surface area (Å²) in [5.74, 6) is -2.37. The van der Waals surface area contributed by atoms with Gasteiger partial charge in [0.25, 0.3) is 0 Å². The molecule has 31 heteroatoms. The molecule has 388 valence electrons. The lowest BCUT2D eigenvalue weighted by Gasteiger charge is -2.26. The van der Waals surface area contributed by atoms with Gasteiger partial charge in [-0.05, 0) is 53.8 Å². The number of nitrogen functional groups attached to an aromatic ring is 2. The third-order valence-corrected chi connectivity index (χ3v) is 12.4. The summed E-state index contributed by atoms with van der Waals surface area (Å²) in [5.41, 5.74) is 12.2. The summed E-state index contributed by atoms with van der Waals surface area (Å²) in [5, 5.41) is 28.1. The van der Waals surface area contributed by atoms with Gasteiger partial charge >= 0.3 is 33.4 Å². The van der Waals surface area contributed by atoms with Crippen LogP contribution in [0.3, 0.4) is 0 Å². The molecule has 0 bridgehead atoms. The van der Waals surface area contributed by atoms with E-state index in [1.54, 1.807) is 38.1 Å². The van der Waals surface area contributed by atoms with E-state index in [2.05, 4.69) is 35.1 Å². The van der Waals surface area contributed by atoms with E-state index in [4.69, 9.17) is 39.5 Å². The van der Waals surface area contributed by atoms with Crippen LogP contribution in [-0.4, -0.2) is 128 Å². The zero-order valence-corrected chi connectivity index (χ0v) is 39.7. The van der Waals surface area contributed by atoms with Crippen molar-refractivity contribution in [3.63, 3.8) is 0 Å². The number of anilines is 3. The largest absolute Gasteiger partial charge is 0.472 e. The van der Waals surface area contributed by atoms with Crippen LogP contribution < -0.4 is 27.8 Å². The van der Waals surface area contributed by atoms with Crippen molar-refractivity contribution in [1.82, 2.24) is 34.4 Å². The number of aromatic nitrogens is 6. The molecule has 10 atom stereocenters. The van der Waals surface area contributed by atoms with Crippen molar-refractivity contribution in [2.45, 2.75) is 88.4 Å². The molecule has 3 aromatic heterocycles. The van der Waals surface area contributed by atoms with E-state index < -0.39 is 108 Å². The fraction of sp³-hybridized carbons (Fsp3) is 0.415. The average molecular weight is 1050 g/mol. The van der Waals surface area contributed by atoms with Crippen LogP contribution in [0.5, 0.6) is 0 Å². The highest BCUT2D eigenvalue weighted by atomic mass is 31.2. The normalized spacial score (nSPS) is 23.4. The monoisotopic (exact) mass is 1050 g/mol. The minimum Gasteiger partial charge on any atom is -0.455 e. The van der Waals surface area contributed by atoms with Crippen molar-refractivity contribution >= 4 is 62.1 Å². The molecule has 2 amide bonds. The maximum Gasteiger partial charge on any atom is 0.472 e. The number of carbonyl (C=O) groups excluding carboxylic acids is 3. The van der Waals surface area contributed by atoms with E-state index in [9.17, 15) is 57.6 Å². The predicted octanol–water partition coefficient (Wildman–Crippen LogP) is 0.949. The van der Waals surface area contributed by atoms with Crippen molar-refractivity contribution in [3.05, 3.63) is 101 Å². The molecule has 1 unspecified atom stereocenters. The molecule has 72 heavy (non-hydrogen) atoms. The third-order valence-electron chi connectivity index (χ3n) is 10.9. The number of aliphatic hydroxyl groups excluding tert-OH is 2. The number of phosphoric ester groups is 2. The van der Waals surface area contributed by atoms with Crippen LogP contribution in [0.4, 0.5) is 26.5 Å². The van der Waals surface area contributed by atoms with E-state index in [0.29, 0.717) is 16.8 Å². The number of rotatable bonds is 20. The minimum atomic E-state index is -5.46. The zero-order valence-electron chi connectivity index (χ0n) is 37.9. The molecule has 7 rings (SSSR count). The molecule has 5 heterocycles. The lowest BCUT2D eigenvalue weighted by molar-refractivity contribution is -0.159. The number of hydrogen-bond acceptors (Lipinski definition) is 21. The van der Waals surface area contributed by atoms with Crippen molar-refractivity contribution in [2.24, 2.45) is 5.92 Å². The lowest BCUT2D eigenvalue weighted by atomic mass is 10.0. The molecule has 2 aliphatic heterocycles. The Morgan fingerprint density at radius 2 is 1.50 bits per heavy atom. The van der Waals surface area contributed by atoms with Gasteiger partial charge in [0.2, 0.25) is 5.91 Å². The van der Waals surface area contributed by atoms with Gasteiger partial charge in [-0.3, -0.25) is 27.5 Å². The van der Waals surface area contributed by atoms with Crippen LogP contribution in [0.25, 0.3) is 11.2 Å². The number of hydrogen-bond donors (Lipinski definition) is 9. The summed E-state index contributed by atoms with van der Waals surface area (Å²) >= 11 is 0. The van der Waals surface area contributed by atoms with Gasteiger partial charge < -0.3 is 65.9 Å². The molecule has 2 aromatic carbocycles. The highest BCUT2D eigenvalue weighted by Crippen LogP contribution is 2.50. The maximum absolute atomic E-state index is 14.0. The Morgan fingerprint density at radius 3 is 2.17 bits per heavy atom. The second-order valence-corrected chi connectivity index (χ2v) is 19.4. The Bertz CT molecular complexity index is 2890. The topological polar surface area (TPSA) is 406 Å². The summed E-state index contributed by atoms with van der Waals surface area (Å²) in [6.07, 6.45) is -11.9. The highest BCUT2D eigenvalue weighted by Gasteiger charge is 2.52. The molecular formula is C41H49FN10O18P2. The molecule has 11 N–H and O–H groups in total. The number of alkyl carbamates (subject to hydrolysis) is 1. The molecule has 2 aliphatic rings. The van der Waals surface area contributed by atoms with E-state index >= 15 is 0 Å². The molecule has 0 radical (unpaired) electrons. The number of esters is 1. The van der Waals surface area contributed by atoms with Crippen molar-refractivity contribution < 1.29 is 85.3 Å². The fourth-order valence-electron chi connectivity index (χ4n) is 7.55. The van der Waals surface area contributed by atoms with E-state index in [0.717, 1.165) is 23.2 Å². The van der Waals surface area contributed by atoms with Gasteiger partial charge in [0, 0.05) is 11.9 Å². The van der Waals surface area contributed by atoms with Crippen LogP contribution in [0.2, 0.25) is 0 Å². The number of halogens is 1. The Morgan fingerprint density at radius 1 is 0.861 bits per heavy atom. The number of amides is 2. The fourth-order valence-corrected chi connectivity index (χ4v) is 8.86. The van der Waals surface area contributed by atoms with Gasteiger partial charge in [0.05, 0.1) is 26.0 Å². The van der Waals surface area contributed by atoms with Gasteiger partial charge in [0.1, 0.15) is 66.6 Å². The van der Waals surface area contributed by atoms with Crippen LogP contribution in [-0.2, 0) is 64.3 Å². The number of ether oxygens (including phenoxy) is 4. The number of benzene rings is 2. The van der Waals surface area contributed by atoms with Crippen molar-refractivity contribution in [3.8, 4) is 0 Å². The van der Waals surface area contributed by atoms with Crippen LogP contribution >= 0.6 is 15.6 Å². The Labute approximate surface area is 406 Å². The molecule has 0 saturated carbocycles. The summed E-state index contributed by atoms with van der Waals surface area (Å²) in [4.78, 5) is 97.6. The summed E-state index contributed by atoms with van der Waals surface area (Å²) in [7, 11) is -10.7. The van der Waals surface area contributed by atoms with Crippen LogP contribution in [0, 0.1) is 11.7 Å². The number of imidazole rings is 1. The molecule has 0 aliphatic carbocycles. The number of carbonyl (C=O) groups is 3. The lowest BCUT2D eigenvalue weighted by Crippen LogP contribution is -2.47. The minimum absolute atomic E-state index is 0.00388. The Balaban J connectivity index is 1.04.